The molecule has 1 aliphatic carbocycles. The van der Waals surface area contributed by atoms with Crippen molar-refractivity contribution in [1.82, 2.24) is 0 Å². The SMILES string of the molecule is CCC(=O)C1c2ccccc2CCc2cc(OC)ccc21. The minimum absolute atomic E-state index is 0.130. The number of benzene rings is 2. The number of methoxy groups -OCH3 is 1. The van der Waals surface area contributed by atoms with Crippen molar-refractivity contribution in [3.8, 4) is 5.75 Å². The van der Waals surface area contributed by atoms with Crippen LogP contribution in [-0.2, 0) is 17.6 Å². The molecule has 2 heteroatoms. The summed E-state index contributed by atoms with van der Waals surface area (Å²) in [6, 6.07) is 14.4. The topological polar surface area (TPSA) is 26.3 Å². The zero-order valence-electron chi connectivity index (χ0n) is 12.6. The Bertz CT molecular complexity index is 673. The number of fused-ring (bicyclic) bond motifs is 2. The van der Waals surface area contributed by atoms with Crippen LogP contribution in [0.25, 0.3) is 0 Å². The average Bonchev–Trinajstić information content (AvgIpc) is 2.70. The number of aryl methyl sites for hydroxylation is 2. The first-order chi connectivity index (χ1) is 10.2. The minimum atomic E-state index is -0.130. The van der Waals surface area contributed by atoms with E-state index in [1.165, 1.54) is 16.7 Å². The van der Waals surface area contributed by atoms with Crippen LogP contribution in [0.2, 0.25) is 0 Å². The van der Waals surface area contributed by atoms with Gasteiger partial charge in [0, 0.05) is 6.42 Å². The lowest BCUT2D eigenvalue weighted by Crippen LogP contribution is -2.14. The van der Waals surface area contributed by atoms with Gasteiger partial charge in [0.15, 0.2) is 0 Å². The van der Waals surface area contributed by atoms with E-state index in [4.69, 9.17) is 4.74 Å². The second-order valence-electron chi connectivity index (χ2n) is 5.52. The van der Waals surface area contributed by atoms with Crippen molar-refractivity contribution in [2.75, 3.05) is 7.11 Å². The van der Waals surface area contributed by atoms with Crippen LogP contribution in [0.5, 0.6) is 5.75 Å². The van der Waals surface area contributed by atoms with E-state index in [9.17, 15) is 4.79 Å². The van der Waals surface area contributed by atoms with E-state index in [1.54, 1.807) is 7.11 Å². The van der Waals surface area contributed by atoms with Crippen molar-refractivity contribution in [1.29, 1.82) is 0 Å². The fourth-order valence-corrected chi connectivity index (χ4v) is 3.24. The lowest BCUT2D eigenvalue weighted by Gasteiger charge is -2.19. The first-order valence-electron chi connectivity index (χ1n) is 7.52. The number of ether oxygens (including phenoxy) is 1. The smallest absolute Gasteiger partial charge is 0.144 e. The fraction of sp³-hybridized carbons (Fsp3) is 0.316. The van der Waals surface area contributed by atoms with Crippen LogP contribution in [0.15, 0.2) is 42.5 Å². The van der Waals surface area contributed by atoms with Gasteiger partial charge in [-0.15, -0.1) is 0 Å². The molecule has 3 rings (SSSR count). The van der Waals surface area contributed by atoms with Crippen LogP contribution < -0.4 is 4.74 Å². The maximum absolute atomic E-state index is 12.6. The van der Waals surface area contributed by atoms with Crippen molar-refractivity contribution >= 4 is 5.78 Å². The van der Waals surface area contributed by atoms with Gasteiger partial charge in [0.05, 0.1) is 13.0 Å². The van der Waals surface area contributed by atoms with E-state index in [0.29, 0.717) is 6.42 Å². The highest BCUT2D eigenvalue weighted by Crippen LogP contribution is 2.36. The third-order valence-electron chi connectivity index (χ3n) is 4.36. The third-order valence-corrected chi connectivity index (χ3v) is 4.36. The number of carbonyl (C=O) groups excluding carboxylic acids is 1. The molecule has 2 aromatic rings. The number of rotatable bonds is 3. The van der Waals surface area contributed by atoms with Crippen LogP contribution in [0.4, 0.5) is 0 Å². The Morgan fingerprint density at radius 3 is 2.57 bits per heavy atom. The molecule has 2 aromatic carbocycles. The van der Waals surface area contributed by atoms with Crippen LogP contribution >= 0.6 is 0 Å². The number of hydrogen-bond donors (Lipinski definition) is 0. The van der Waals surface area contributed by atoms with Crippen LogP contribution in [-0.4, -0.2) is 12.9 Å². The van der Waals surface area contributed by atoms with Crippen molar-refractivity contribution in [2.24, 2.45) is 0 Å². The molecule has 0 saturated carbocycles. The van der Waals surface area contributed by atoms with Crippen molar-refractivity contribution in [2.45, 2.75) is 32.1 Å². The average molecular weight is 280 g/mol. The first kappa shape index (κ1) is 13.9. The molecule has 1 unspecified atom stereocenters. The molecule has 0 bridgehead atoms. The lowest BCUT2D eigenvalue weighted by atomic mass is 9.84. The summed E-state index contributed by atoms with van der Waals surface area (Å²) < 4.78 is 5.34. The molecular weight excluding hydrogens is 260 g/mol. The highest BCUT2D eigenvalue weighted by Gasteiger charge is 2.28. The second-order valence-corrected chi connectivity index (χ2v) is 5.52. The van der Waals surface area contributed by atoms with Crippen molar-refractivity contribution in [3.05, 3.63) is 64.7 Å². The van der Waals surface area contributed by atoms with Gasteiger partial charge in [0.25, 0.3) is 0 Å². The van der Waals surface area contributed by atoms with Crippen molar-refractivity contribution in [3.63, 3.8) is 0 Å². The standard InChI is InChI=1S/C19H20O2/c1-3-18(20)19-16-7-5-4-6-13(16)8-9-14-12-15(21-2)10-11-17(14)19/h4-7,10-12,19H,3,8-9H2,1-2H3. The summed E-state index contributed by atoms with van der Waals surface area (Å²) in [6.45, 7) is 1.94. The number of ketones is 1. The Hall–Kier alpha value is -2.09. The van der Waals surface area contributed by atoms with Crippen LogP contribution in [0.1, 0.15) is 41.5 Å². The van der Waals surface area contributed by atoms with Gasteiger partial charge in [0.2, 0.25) is 0 Å². The summed E-state index contributed by atoms with van der Waals surface area (Å²) in [5.74, 6) is 1.02. The van der Waals surface area contributed by atoms with Gasteiger partial charge in [0.1, 0.15) is 11.5 Å². The Labute approximate surface area is 125 Å². The highest BCUT2D eigenvalue weighted by molar-refractivity contribution is 5.90. The monoisotopic (exact) mass is 280 g/mol. The fourth-order valence-electron chi connectivity index (χ4n) is 3.24. The zero-order chi connectivity index (χ0) is 14.8. The van der Waals surface area contributed by atoms with E-state index >= 15 is 0 Å². The Balaban J connectivity index is 2.19. The number of carbonyl (C=O) groups is 1. The van der Waals surface area contributed by atoms with E-state index in [2.05, 4.69) is 30.3 Å². The Morgan fingerprint density at radius 2 is 1.81 bits per heavy atom. The summed E-state index contributed by atoms with van der Waals surface area (Å²) in [6.07, 6.45) is 2.49. The van der Waals surface area contributed by atoms with E-state index in [1.807, 2.05) is 19.1 Å². The molecule has 1 aliphatic rings. The molecule has 0 radical (unpaired) electrons. The van der Waals surface area contributed by atoms with Crippen molar-refractivity contribution < 1.29 is 9.53 Å². The van der Waals surface area contributed by atoms with Crippen LogP contribution in [0, 0.1) is 0 Å². The molecule has 0 aromatic heterocycles. The van der Waals surface area contributed by atoms with Gasteiger partial charge in [-0.1, -0.05) is 37.3 Å². The zero-order valence-corrected chi connectivity index (χ0v) is 12.6. The summed E-state index contributed by atoms with van der Waals surface area (Å²) in [5, 5.41) is 0. The number of hydrogen-bond acceptors (Lipinski definition) is 2. The quantitative estimate of drug-likeness (QED) is 0.852. The maximum Gasteiger partial charge on any atom is 0.144 e. The van der Waals surface area contributed by atoms with E-state index in [-0.39, 0.29) is 11.7 Å². The largest absolute Gasteiger partial charge is 0.497 e. The predicted octanol–water partition coefficient (Wildman–Crippen LogP) is 3.90. The Morgan fingerprint density at radius 1 is 1.10 bits per heavy atom. The van der Waals surface area contributed by atoms with Gasteiger partial charge >= 0.3 is 0 Å². The van der Waals surface area contributed by atoms with Gasteiger partial charge < -0.3 is 4.74 Å². The van der Waals surface area contributed by atoms with E-state index < -0.39 is 0 Å². The molecule has 0 spiro atoms. The Kier molecular flexibility index (Phi) is 3.78. The molecule has 21 heavy (non-hydrogen) atoms. The summed E-state index contributed by atoms with van der Waals surface area (Å²) >= 11 is 0. The first-order valence-corrected chi connectivity index (χ1v) is 7.52. The summed E-state index contributed by atoms with van der Waals surface area (Å²) in [5.41, 5.74) is 4.85. The highest BCUT2D eigenvalue weighted by atomic mass is 16.5. The molecular formula is C19H20O2. The summed E-state index contributed by atoms with van der Waals surface area (Å²) in [4.78, 5) is 12.6. The molecule has 2 nitrogen and oxygen atoms in total. The normalized spacial score (nSPS) is 16.6. The molecule has 0 N–H and O–H groups in total. The third kappa shape index (κ3) is 2.46. The summed E-state index contributed by atoms with van der Waals surface area (Å²) in [7, 11) is 1.68. The van der Waals surface area contributed by atoms with Gasteiger partial charge in [-0.3, -0.25) is 4.79 Å². The number of Topliss-reactive ketones (excluding diaryl/α,β-unsaturated/α-hetero) is 1. The van der Waals surface area contributed by atoms with Gasteiger partial charge in [-0.25, -0.2) is 0 Å². The second kappa shape index (κ2) is 5.72. The van der Waals surface area contributed by atoms with Crippen LogP contribution in [0.3, 0.4) is 0 Å². The molecule has 108 valence electrons. The lowest BCUT2D eigenvalue weighted by molar-refractivity contribution is -0.119. The molecule has 1 atom stereocenters. The molecule has 0 amide bonds. The maximum atomic E-state index is 12.6. The molecule has 0 heterocycles. The minimum Gasteiger partial charge on any atom is -0.497 e. The molecule has 0 fully saturated rings. The molecule has 0 saturated heterocycles. The van der Waals surface area contributed by atoms with Gasteiger partial charge in [-0.2, -0.15) is 0 Å². The van der Waals surface area contributed by atoms with Gasteiger partial charge in [-0.05, 0) is 47.2 Å². The van der Waals surface area contributed by atoms with E-state index in [0.717, 1.165) is 24.2 Å². The predicted molar refractivity (Wildman–Crippen MR) is 84.0 cm³/mol. The molecule has 0 aliphatic heterocycles.